The fraction of sp³-hybridized carbons (Fsp3) is 0.0517. The van der Waals surface area contributed by atoms with Crippen LogP contribution in [0.2, 0.25) is 0 Å². The van der Waals surface area contributed by atoms with Crippen LogP contribution in [0.4, 0.5) is 34.1 Å². The summed E-state index contributed by atoms with van der Waals surface area (Å²) in [4.78, 5) is 4.79. The average molecular weight is 1500 g/mol. The second-order valence-corrected chi connectivity index (χ2v) is 32.5. The molecule has 0 aliphatic heterocycles. The molecule has 20 aromatic rings. The second-order valence-electron chi connectivity index (χ2n) is 32.5. The molecule has 0 aromatic heterocycles. The van der Waals surface area contributed by atoms with Gasteiger partial charge in [0.2, 0.25) is 0 Å². The molecule has 0 saturated carbocycles. The molecule has 0 N–H and O–H groups in total. The number of aryl methyl sites for hydroxylation is 2. The molecular formula is C116H80N2. The van der Waals surface area contributed by atoms with Gasteiger partial charge in [0.15, 0.2) is 0 Å². The van der Waals surface area contributed by atoms with Crippen LogP contribution in [-0.2, 0) is 12.8 Å². The molecule has 0 heterocycles. The Bertz CT molecular complexity index is 7240. The Morgan fingerprint density at radius 3 is 1.01 bits per heavy atom. The molecule has 0 atom stereocenters. The SMILES string of the molecule is C1=Cc2ccc3ccc(-c4ccc(-c5cc(-c6ccc(-c7ccc8ccc9c%10c8c7CC=C%10CC=C9)cc6)cc(-c6ccc(-c7ccc8ccc9cccc%10ccc7c8c9%10)cc6)c5)cc4)c4c3c2C(=CC4)C1.Cc1ccc(N(c2ccccc2)c2cc3c4ccccc4c(N(c4ccccc4)c4ccc(C)cc4)cc3c3ccccc23)cc1. The summed E-state index contributed by atoms with van der Waals surface area (Å²) in [5, 5.41) is 20.8. The van der Waals surface area contributed by atoms with Crippen LogP contribution < -0.4 is 9.80 Å². The Kier molecular flexibility index (Phi) is 16.4. The second kappa shape index (κ2) is 28.1. The van der Waals surface area contributed by atoms with E-state index in [1.54, 1.807) is 0 Å². The molecule has 554 valence electrons. The maximum Gasteiger partial charge on any atom is 0.0546 e. The van der Waals surface area contributed by atoms with E-state index >= 15 is 0 Å². The smallest absolute Gasteiger partial charge is 0.0546 e. The standard InChI is InChI=1S/C72H46.C44H34N2/c1-4-49-22-25-55-28-34-61(64-37-31-52(7-1)67(49)70(55)64)46-16-10-43(11-17-46)58-40-59(44-12-18-47(19-13-44)62-35-29-56-26-23-50-5-2-8-53-32-38-65(62)71(56)68(50)53)42-60(41-58)45-14-20-48(21-15-45)63-36-30-57-27-24-51-6-3-9-54-33-39-66(63)72(57)69(51)54;1-31-21-25-35(26-22-31)45(33-13-5-3-6-14-33)43-29-41-38-18-10-12-20-40(38)44(30-42(41)37-17-9-11-19-39(37)43)46(34-15-7-4-8-16-34)36-27-23-32(2)24-28-36/h1-7,10-37,40-42H,8-9,38-39H2;3-30H,1-2H3. The van der Waals surface area contributed by atoms with Crippen molar-refractivity contribution in [3.63, 3.8) is 0 Å². The van der Waals surface area contributed by atoms with Crippen LogP contribution in [-0.4, -0.2) is 0 Å². The maximum atomic E-state index is 2.47. The van der Waals surface area contributed by atoms with Crippen molar-refractivity contribution in [2.45, 2.75) is 39.5 Å². The van der Waals surface area contributed by atoms with E-state index in [2.05, 4.69) is 424 Å². The van der Waals surface area contributed by atoms with E-state index < -0.39 is 0 Å². The molecule has 20 aromatic carbocycles. The summed E-state index contributed by atoms with van der Waals surface area (Å²) in [5.74, 6) is 0. The number of rotatable bonds is 12. The van der Waals surface area contributed by atoms with E-state index in [0.717, 1.165) is 59.8 Å². The molecule has 24 rings (SSSR count). The largest absolute Gasteiger partial charge is 0.310 e. The van der Waals surface area contributed by atoms with E-state index in [1.165, 1.54) is 209 Å². The first kappa shape index (κ1) is 68.9. The predicted octanol–water partition coefficient (Wildman–Crippen LogP) is 32.3. The van der Waals surface area contributed by atoms with Crippen molar-refractivity contribution < 1.29 is 0 Å². The van der Waals surface area contributed by atoms with Gasteiger partial charge in [0, 0.05) is 33.5 Å². The number of nitrogens with zero attached hydrogens (tertiary/aromatic N) is 2. The fourth-order valence-electron chi connectivity index (χ4n) is 19.9. The number of benzene rings is 20. The normalized spacial score (nSPS) is 13.1. The number of hydrogen-bond acceptors (Lipinski definition) is 2. The number of hydrogen-bond donors (Lipinski definition) is 0. The minimum atomic E-state index is 0.966. The van der Waals surface area contributed by atoms with Gasteiger partial charge < -0.3 is 9.80 Å². The van der Waals surface area contributed by atoms with Crippen molar-refractivity contribution >= 4 is 144 Å². The van der Waals surface area contributed by atoms with Crippen molar-refractivity contribution in [2.75, 3.05) is 9.80 Å². The van der Waals surface area contributed by atoms with E-state index in [4.69, 9.17) is 0 Å². The van der Waals surface area contributed by atoms with Crippen LogP contribution in [0.1, 0.15) is 57.3 Å². The quantitative estimate of drug-likeness (QED) is 0.113. The van der Waals surface area contributed by atoms with Crippen LogP contribution in [0.25, 0.3) is 176 Å². The zero-order chi connectivity index (χ0) is 78.1. The first-order valence-electron chi connectivity index (χ1n) is 41.5. The Morgan fingerprint density at radius 2 is 0.568 bits per heavy atom. The lowest BCUT2D eigenvalue weighted by Crippen LogP contribution is -2.11. The number of anilines is 6. The van der Waals surface area contributed by atoms with E-state index in [9.17, 15) is 0 Å². The van der Waals surface area contributed by atoms with Crippen molar-refractivity contribution in [1.29, 1.82) is 0 Å². The van der Waals surface area contributed by atoms with E-state index in [1.807, 2.05) is 0 Å². The van der Waals surface area contributed by atoms with Gasteiger partial charge in [-0.2, -0.15) is 0 Å². The third-order valence-electron chi connectivity index (χ3n) is 25.7. The minimum Gasteiger partial charge on any atom is -0.310 e. The molecule has 4 aliphatic rings. The summed E-state index contributed by atoms with van der Waals surface area (Å²) in [6.45, 7) is 4.28. The summed E-state index contributed by atoms with van der Waals surface area (Å²) < 4.78 is 0. The van der Waals surface area contributed by atoms with Gasteiger partial charge in [0.1, 0.15) is 0 Å². The Labute approximate surface area is 687 Å². The number of fused-ring (bicyclic) bond motifs is 5. The lowest BCUT2D eigenvalue weighted by molar-refractivity contribution is 1.23. The first-order valence-corrected chi connectivity index (χ1v) is 41.5. The monoisotopic (exact) mass is 1500 g/mol. The summed E-state index contributed by atoms with van der Waals surface area (Å²) in [6.07, 6.45) is 18.1. The molecule has 0 bridgehead atoms. The van der Waals surface area contributed by atoms with Crippen molar-refractivity contribution in [3.8, 4) is 66.8 Å². The summed E-state index contributed by atoms with van der Waals surface area (Å²) in [5.41, 5.74) is 35.7. The predicted molar refractivity (Wildman–Crippen MR) is 506 cm³/mol. The molecule has 0 unspecified atom stereocenters. The topological polar surface area (TPSA) is 6.48 Å². The zero-order valence-electron chi connectivity index (χ0n) is 65.8. The van der Waals surface area contributed by atoms with Gasteiger partial charge in [-0.15, -0.1) is 0 Å². The first-order chi connectivity index (χ1) is 58.3. The zero-order valence-corrected chi connectivity index (χ0v) is 65.8. The number of para-hydroxylation sites is 2. The molecular weight excluding hydrogens is 1420 g/mol. The van der Waals surface area contributed by atoms with Crippen LogP contribution in [0.3, 0.4) is 0 Å². The van der Waals surface area contributed by atoms with Crippen LogP contribution >= 0.6 is 0 Å². The lowest BCUT2D eigenvalue weighted by Gasteiger charge is -2.30. The van der Waals surface area contributed by atoms with Gasteiger partial charge in [-0.25, -0.2) is 0 Å². The molecule has 118 heavy (non-hydrogen) atoms. The van der Waals surface area contributed by atoms with Gasteiger partial charge in [0.05, 0.1) is 11.4 Å². The van der Waals surface area contributed by atoms with Crippen molar-refractivity contribution in [3.05, 3.63) is 433 Å². The lowest BCUT2D eigenvalue weighted by atomic mass is 9.79. The van der Waals surface area contributed by atoms with Gasteiger partial charge in [0.25, 0.3) is 0 Å². The van der Waals surface area contributed by atoms with Crippen LogP contribution in [0.15, 0.2) is 388 Å². The highest BCUT2D eigenvalue weighted by Crippen LogP contribution is 2.51. The van der Waals surface area contributed by atoms with Crippen molar-refractivity contribution in [2.24, 2.45) is 0 Å². The molecule has 0 radical (unpaired) electrons. The summed E-state index contributed by atoms with van der Waals surface area (Å²) >= 11 is 0. The molecule has 4 aliphatic carbocycles. The highest BCUT2D eigenvalue weighted by atomic mass is 15.2. The van der Waals surface area contributed by atoms with E-state index in [-0.39, 0.29) is 0 Å². The van der Waals surface area contributed by atoms with Gasteiger partial charge in [-0.3, -0.25) is 0 Å². The van der Waals surface area contributed by atoms with Gasteiger partial charge >= 0.3 is 0 Å². The maximum absolute atomic E-state index is 2.47. The summed E-state index contributed by atoms with van der Waals surface area (Å²) in [7, 11) is 0. The van der Waals surface area contributed by atoms with Gasteiger partial charge in [-0.1, -0.05) is 333 Å². The third kappa shape index (κ3) is 11.6. The number of allylic oxidation sites excluding steroid dienone is 6. The molecule has 2 nitrogen and oxygen atoms in total. The van der Waals surface area contributed by atoms with Crippen molar-refractivity contribution in [1.82, 2.24) is 0 Å². The van der Waals surface area contributed by atoms with E-state index in [0.29, 0.717) is 0 Å². The minimum absolute atomic E-state index is 0.966. The molecule has 0 amide bonds. The summed E-state index contributed by atoms with van der Waals surface area (Å²) in [6, 6.07) is 136. The molecule has 0 spiro atoms. The molecule has 0 saturated heterocycles. The molecule has 0 fully saturated rings. The van der Waals surface area contributed by atoms with Crippen LogP contribution in [0.5, 0.6) is 0 Å². The highest BCUT2D eigenvalue weighted by Gasteiger charge is 2.27. The highest BCUT2D eigenvalue weighted by molar-refractivity contribution is 6.27. The molecule has 2 heteroatoms. The Morgan fingerprint density at radius 1 is 0.220 bits per heavy atom. The third-order valence-corrected chi connectivity index (χ3v) is 25.7. The fourth-order valence-corrected chi connectivity index (χ4v) is 19.9. The Balaban J connectivity index is 0.000000153. The average Bonchev–Trinajstić information content (AvgIpc) is 0.756. The van der Waals surface area contributed by atoms with Crippen LogP contribution in [0, 0.1) is 13.8 Å². The van der Waals surface area contributed by atoms with Gasteiger partial charge in [-0.05, 0) is 305 Å². The Hall–Kier alpha value is -14.7.